The van der Waals surface area contributed by atoms with Gasteiger partial charge >= 0.3 is 6.18 Å². The summed E-state index contributed by atoms with van der Waals surface area (Å²) < 4.78 is 41.6. The molecule has 0 aliphatic heterocycles. The largest absolute Gasteiger partial charge is 0.482 e. The molecular formula is C15H20F3NO. The highest BCUT2D eigenvalue weighted by molar-refractivity contribution is 5.56. The SMILES string of the molecule is CC1CCCCC1Nc1ccccc1OCC(F)(F)F. The second-order valence-corrected chi connectivity index (χ2v) is 5.41. The van der Waals surface area contributed by atoms with Crippen LogP contribution in [-0.2, 0) is 0 Å². The Morgan fingerprint density at radius 3 is 2.60 bits per heavy atom. The van der Waals surface area contributed by atoms with Crippen molar-refractivity contribution in [2.45, 2.75) is 44.8 Å². The summed E-state index contributed by atoms with van der Waals surface area (Å²) in [6.07, 6.45) is 0.280. The van der Waals surface area contributed by atoms with Crippen LogP contribution in [0.25, 0.3) is 0 Å². The van der Waals surface area contributed by atoms with E-state index in [0.717, 1.165) is 19.3 Å². The van der Waals surface area contributed by atoms with Crippen molar-refractivity contribution in [1.29, 1.82) is 0 Å². The van der Waals surface area contributed by atoms with Crippen LogP contribution in [0.2, 0.25) is 0 Å². The maximum atomic E-state index is 12.2. The number of hydrogen-bond donors (Lipinski definition) is 1. The molecule has 0 amide bonds. The van der Waals surface area contributed by atoms with E-state index >= 15 is 0 Å². The number of para-hydroxylation sites is 2. The smallest absolute Gasteiger partial charge is 0.422 e. The number of benzene rings is 1. The van der Waals surface area contributed by atoms with E-state index in [2.05, 4.69) is 12.2 Å². The Morgan fingerprint density at radius 2 is 1.90 bits per heavy atom. The summed E-state index contributed by atoms with van der Waals surface area (Å²) in [7, 11) is 0. The molecule has 1 fully saturated rings. The fourth-order valence-electron chi connectivity index (χ4n) is 2.60. The Kier molecular flexibility index (Phi) is 4.78. The molecule has 1 aromatic rings. The average molecular weight is 287 g/mol. The molecule has 0 radical (unpaired) electrons. The summed E-state index contributed by atoms with van der Waals surface area (Å²) in [6.45, 7) is 0.919. The zero-order valence-corrected chi connectivity index (χ0v) is 11.5. The van der Waals surface area contributed by atoms with Gasteiger partial charge in [-0.2, -0.15) is 13.2 Å². The van der Waals surface area contributed by atoms with Crippen LogP contribution in [0.1, 0.15) is 32.6 Å². The van der Waals surface area contributed by atoms with Gasteiger partial charge in [0.05, 0.1) is 5.69 Å². The summed E-state index contributed by atoms with van der Waals surface area (Å²) >= 11 is 0. The molecule has 0 saturated heterocycles. The number of anilines is 1. The summed E-state index contributed by atoms with van der Waals surface area (Å²) in [6, 6.07) is 7.13. The van der Waals surface area contributed by atoms with E-state index in [0.29, 0.717) is 17.6 Å². The molecule has 0 spiro atoms. The first-order valence-corrected chi connectivity index (χ1v) is 7.01. The van der Waals surface area contributed by atoms with Gasteiger partial charge in [0, 0.05) is 6.04 Å². The van der Waals surface area contributed by atoms with Crippen LogP contribution in [0.3, 0.4) is 0 Å². The van der Waals surface area contributed by atoms with Crippen LogP contribution in [0.5, 0.6) is 5.75 Å². The lowest BCUT2D eigenvalue weighted by Crippen LogP contribution is -2.30. The van der Waals surface area contributed by atoms with Gasteiger partial charge in [-0.05, 0) is 30.9 Å². The minimum absolute atomic E-state index is 0.266. The molecule has 1 aromatic carbocycles. The monoisotopic (exact) mass is 287 g/mol. The van der Waals surface area contributed by atoms with Gasteiger partial charge in [0.2, 0.25) is 0 Å². The van der Waals surface area contributed by atoms with E-state index in [-0.39, 0.29) is 5.75 Å². The fraction of sp³-hybridized carbons (Fsp3) is 0.600. The van der Waals surface area contributed by atoms with Gasteiger partial charge in [0.25, 0.3) is 0 Å². The molecule has 1 N–H and O–H groups in total. The number of halogens is 3. The average Bonchev–Trinajstić information content (AvgIpc) is 2.39. The lowest BCUT2D eigenvalue weighted by Gasteiger charge is -2.31. The summed E-state index contributed by atoms with van der Waals surface area (Å²) in [4.78, 5) is 0. The first-order chi connectivity index (χ1) is 9.46. The second-order valence-electron chi connectivity index (χ2n) is 5.41. The van der Waals surface area contributed by atoms with Gasteiger partial charge < -0.3 is 10.1 Å². The predicted octanol–water partition coefficient (Wildman–Crippen LogP) is 4.62. The molecule has 2 unspecified atom stereocenters. The lowest BCUT2D eigenvalue weighted by molar-refractivity contribution is -0.153. The molecule has 1 saturated carbocycles. The molecule has 0 aromatic heterocycles. The van der Waals surface area contributed by atoms with E-state index < -0.39 is 12.8 Å². The van der Waals surface area contributed by atoms with Crippen molar-refractivity contribution in [3.05, 3.63) is 24.3 Å². The molecule has 0 heterocycles. The third-order valence-corrected chi connectivity index (χ3v) is 3.73. The number of ether oxygens (including phenoxy) is 1. The summed E-state index contributed by atoms with van der Waals surface area (Å²) in [5, 5.41) is 3.34. The Bertz CT molecular complexity index is 433. The van der Waals surface area contributed by atoms with Crippen LogP contribution in [0.4, 0.5) is 18.9 Å². The highest BCUT2D eigenvalue weighted by atomic mass is 19.4. The molecule has 2 atom stereocenters. The fourth-order valence-corrected chi connectivity index (χ4v) is 2.60. The van der Waals surface area contributed by atoms with E-state index in [1.165, 1.54) is 6.42 Å². The third kappa shape index (κ3) is 4.32. The summed E-state index contributed by atoms with van der Waals surface area (Å²) in [5.41, 5.74) is 0.649. The zero-order chi connectivity index (χ0) is 14.6. The zero-order valence-electron chi connectivity index (χ0n) is 11.5. The predicted molar refractivity (Wildman–Crippen MR) is 73.0 cm³/mol. The van der Waals surface area contributed by atoms with Gasteiger partial charge in [-0.3, -0.25) is 0 Å². The van der Waals surface area contributed by atoms with Gasteiger partial charge in [0.15, 0.2) is 6.61 Å². The van der Waals surface area contributed by atoms with Gasteiger partial charge in [-0.15, -0.1) is 0 Å². The van der Waals surface area contributed by atoms with Crippen LogP contribution in [-0.4, -0.2) is 18.8 Å². The highest BCUT2D eigenvalue weighted by Gasteiger charge is 2.29. The molecule has 0 bridgehead atoms. The van der Waals surface area contributed by atoms with E-state index in [1.54, 1.807) is 24.3 Å². The molecule has 2 rings (SSSR count). The number of nitrogens with one attached hydrogen (secondary N) is 1. The topological polar surface area (TPSA) is 21.3 Å². The molecule has 112 valence electrons. The minimum Gasteiger partial charge on any atom is -0.482 e. The number of alkyl halides is 3. The Balaban J connectivity index is 2.03. The van der Waals surface area contributed by atoms with E-state index in [9.17, 15) is 13.2 Å². The Hall–Kier alpha value is -1.39. The standard InChI is InChI=1S/C15H20F3NO/c1-11-6-2-3-7-12(11)19-13-8-4-5-9-14(13)20-10-15(16,17)18/h4-5,8-9,11-12,19H,2-3,6-7,10H2,1H3. The van der Waals surface area contributed by atoms with Crippen molar-refractivity contribution in [2.75, 3.05) is 11.9 Å². The van der Waals surface area contributed by atoms with Gasteiger partial charge in [-0.25, -0.2) is 0 Å². The first kappa shape index (κ1) is 15.0. The number of rotatable bonds is 4. The molecule has 5 heteroatoms. The Labute approximate surface area is 117 Å². The Morgan fingerprint density at radius 1 is 1.20 bits per heavy atom. The molecule has 1 aliphatic rings. The normalized spacial score (nSPS) is 23.4. The van der Waals surface area contributed by atoms with Crippen LogP contribution in [0, 0.1) is 5.92 Å². The van der Waals surface area contributed by atoms with Crippen LogP contribution in [0.15, 0.2) is 24.3 Å². The highest BCUT2D eigenvalue weighted by Crippen LogP contribution is 2.31. The van der Waals surface area contributed by atoms with Crippen LogP contribution < -0.4 is 10.1 Å². The van der Waals surface area contributed by atoms with E-state index in [1.807, 2.05) is 0 Å². The van der Waals surface area contributed by atoms with Crippen molar-refractivity contribution in [3.8, 4) is 5.75 Å². The van der Waals surface area contributed by atoms with Crippen molar-refractivity contribution in [3.63, 3.8) is 0 Å². The van der Waals surface area contributed by atoms with Gasteiger partial charge in [0.1, 0.15) is 5.75 Å². The third-order valence-electron chi connectivity index (χ3n) is 3.73. The summed E-state index contributed by atoms with van der Waals surface area (Å²) in [5.74, 6) is 0.794. The molecular weight excluding hydrogens is 267 g/mol. The lowest BCUT2D eigenvalue weighted by atomic mass is 9.86. The van der Waals surface area contributed by atoms with Crippen molar-refractivity contribution in [1.82, 2.24) is 0 Å². The number of hydrogen-bond acceptors (Lipinski definition) is 2. The van der Waals surface area contributed by atoms with Gasteiger partial charge in [-0.1, -0.05) is 31.9 Å². The van der Waals surface area contributed by atoms with Crippen molar-refractivity contribution in [2.24, 2.45) is 5.92 Å². The van der Waals surface area contributed by atoms with E-state index in [4.69, 9.17) is 4.74 Å². The van der Waals surface area contributed by atoms with Crippen LogP contribution >= 0.6 is 0 Å². The maximum absolute atomic E-state index is 12.2. The minimum atomic E-state index is -4.31. The first-order valence-electron chi connectivity index (χ1n) is 7.01. The molecule has 2 nitrogen and oxygen atoms in total. The van der Waals surface area contributed by atoms with Crippen molar-refractivity contribution < 1.29 is 17.9 Å². The molecule has 20 heavy (non-hydrogen) atoms. The molecule has 1 aliphatic carbocycles. The second kappa shape index (κ2) is 6.37. The van der Waals surface area contributed by atoms with Crippen molar-refractivity contribution >= 4 is 5.69 Å². The maximum Gasteiger partial charge on any atom is 0.422 e. The quantitative estimate of drug-likeness (QED) is 0.872.